The monoisotopic (exact) mass is 347 g/mol. The van der Waals surface area contributed by atoms with E-state index < -0.39 is 0 Å². The van der Waals surface area contributed by atoms with Crippen molar-refractivity contribution < 1.29 is 5.11 Å². The van der Waals surface area contributed by atoms with Crippen LogP contribution in [-0.2, 0) is 0 Å². The van der Waals surface area contributed by atoms with E-state index in [4.69, 9.17) is 0 Å². The molecule has 0 amide bonds. The van der Waals surface area contributed by atoms with E-state index in [1.54, 1.807) is 4.52 Å². The van der Waals surface area contributed by atoms with Gasteiger partial charge in [0.1, 0.15) is 0 Å². The summed E-state index contributed by atoms with van der Waals surface area (Å²) >= 11 is 0. The molecule has 0 unspecified atom stereocenters. The molecule has 0 spiro atoms. The van der Waals surface area contributed by atoms with Gasteiger partial charge in [-0.1, -0.05) is 20.8 Å². The zero-order chi connectivity index (χ0) is 17.8. The summed E-state index contributed by atoms with van der Waals surface area (Å²) in [6.45, 7) is 8.37. The van der Waals surface area contributed by atoms with Gasteiger partial charge < -0.3 is 21.1 Å². The molecule has 0 aromatic carbocycles. The number of piperidine rings is 1. The van der Waals surface area contributed by atoms with Crippen LogP contribution in [0.15, 0.2) is 6.20 Å². The van der Waals surface area contributed by atoms with Crippen LogP contribution >= 0.6 is 0 Å². The third-order valence-corrected chi connectivity index (χ3v) is 4.74. The molecule has 0 aliphatic carbocycles. The summed E-state index contributed by atoms with van der Waals surface area (Å²) in [5, 5.41) is 24.1. The van der Waals surface area contributed by atoms with Gasteiger partial charge in [0, 0.05) is 11.6 Å². The van der Waals surface area contributed by atoms with E-state index in [0.717, 1.165) is 43.6 Å². The van der Waals surface area contributed by atoms with Crippen LogP contribution in [0.1, 0.15) is 51.5 Å². The Labute approximate surface area is 148 Å². The molecule has 0 bridgehead atoms. The highest BCUT2D eigenvalue weighted by Gasteiger charge is 2.19. The maximum atomic E-state index is 9.48. The molecule has 0 radical (unpaired) electrons. The molecule has 1 atom stereocenters. The Bertz CT molecular complexity index is 690. The van der Waals surface area contributed by atoms with Crippen molar-refractivity contribution in [1.82, 2.24) is 24.9 Å². The summed E-state index contributed by atoms with van der Waals surface area (Å²) < 4.78 is 1.79. The standard InChI is InChI=1S/C17H29N7O/c1-4-12(10-25)20-16-22-15-14(11(2)3)9-19-24(15)17(23-16)21-13-5-7-18-8-6-13/h9,11-13,18,25H,4-8,10H2,1-3H3,(H2,20,21,22,23)/t12-/m1/s1. The van der Waals surface area contributed by atoms with Crippen molar-refractivity contribution >= 4 is 17.5 Å². The minimum atomic E-state index is -0.0559. The van der Waals surface area contributed by atoms with E-state index in [-0.39, 0.29) is 12.6 Å². The predicted molar refractivity (Wildman–Crippen MR) is 99.2 cm³/mol. The zero-order valence-electron chi connectivity index (χ0n) is 15.3. The molecule has 1 saturated heterocycles. The molecule has 8 heteroatoms. The van der Waals surface area contributed by atoms with Gasteiger partial charge >= 0.3 is 0 Å². The maximum Gasteiger partial charge on any atom is 0.229 e. The van der Waals surface area contributed by atoms with E-state index in [2.05, 4.69) is 44.9 Å². The van der Waals surface area contributed by atoms with E-state index in [1.807, 2.05) is 13.1 Å². The molecule has 0 saturated carbocycles. The normalized spacial score (nSPS) is 17.2. The molecule has 25 heavy (non-hydrogen) atoms. The van der Waals surface area contributed by atoms with E-state index in [9.17, 15) is 5.11 Å². The van der Waals surface area contributed by atoms with Gasteiger partial charge in [0.15, 0.2) is 5.65 Å². The van der Waals surface area contributed by atoms with Crippen LogP contribution in [0, 0.1) is 0 Å². The van der Waals surface area contributed by atoms with Crippen molar-refractivity contribution in [3.63, 3.8) is 0 Å². The quantitative estimate of drug-likeness (QED) is 0.604. The summed E-state index contributed by atoms with van der Waals surface area (Å²) in [6, 6.07) is 0.318. The minimum absolute atomic E-state index is 0.0540. The Morgan fingerprint density at radius 1 is 1.32 bits per heavy atom. The molecule has 8 nitrogen and oxygen atoms in total. The molecule has 1 fully saturated rings. The average molecular weight is 347 g/mol. The van der Waals surface area contributed by atoms with Crippen LogP contribution in [-0.4, -0.2) is 56.5 Å². The van der Waals surface area contributed by atoms with Crippen LogP contribution in [0.3, 0.4) is 0 Å². The van der Waals surface area contributed by atoms with E-state index in [1.165, 1.54) is 0 Å². The number of nitrogens with one attached hydrogen (secondary N) is 3. The van der Waals surface area contributed by atoms with Crippen LogP contribution in [0.5, 0.6) is 0 Å². The second kappa shape index (κ2) is 7.97. The molecule has 138 valence electrons. The first-order valence-corrected chi connectivity index (χ1v) is 9.22. The highest BCUT2D eigenvalue weighted by atomic mass is 16.3. The molecular formula is C17H29N7O. The van der Waals surface area contributed by atoms with Crippen LogP contribution < -0.4 is 16.0 Å². The smallest absolute Gasteiger partial charge is 0.229 e. The van der Waals surface area contributed by atoms with Crippen molar-refractivity contribution in [2.24, 2.45) is 0 Å². The number of anilines is 2. The number of hydrogen-bond acceptors (Lipinski definition) is 7. The average Bonchev–Trinajstić information content (AvgIpc) is 3.05. The van der Waals surface area contributed by atoms with Gasteiger partial charge in [0.2, 0.25) is 11.9 Å². The predicted octanol–water partition coefficient (Wildman–Crippen LogP) is 1.59. The van der Waals surface area contributed by atoms with Crippen molar-refractivity contribution in [1.29, 1.82) is 0 Å². The Morgan fingerprint density at radius 2 is 2.08 bits per heavy atom. The first kappa shape index (κ1) is 17.9. The minimum Gasteiger partial charge on any atom is -0.394 e. The second-order valence-corrected chi connectivity index (χ2v) is 6.96. The molecular weight excluding hydrogens is 318 g/mol. The zero-order valence-corrected chi connectivity index (χ0v) is 15.3. The SMILES string of the molecule is CC[C@H](CO)Nc1nc(NC2CCNCC2)n2ncc(C(C)C)c2n1. The maximum absolute atomic E-state index is 9.48. The topological polar surface area (TPSA) is 99.4 Å². The number of aliphatic hydroxyl groups excluding tert-OH is 1. The Kier molecular flexibility index (Phi) is 5.70. The van der Waals surface area contributed by atoms with Crippen molar-refractivity contribution in [2.45, 2.75) is 58.0 Å². The molecule has 3 rings (SSSR count). The van der Waals surface area contributed by atoms with Gasteiger partial charge in [-0.25, -0.2) is 0 Å². The lowest BCUT2D eigenvalue weighted by molar-refractivity contribution is 0.271. The molecule has 2 aromatic rings. The van der Waals surface area contributed by atoms with Crippen molar-refractivity contribution in [3.05, 3.63) is 11.8 Å². The number of rotatable bonds is 7. The molecule has 1 aliphatic heterocycles. The van der Waals surface area contributed by atoms with Crippen LogP contribution in [0.2, 0.25) is 0 Å². The Morgan fingerprint density at radius 3 is 2.72 bits per heavy atom. The third-order valence-electron chi connectivity index (χ3n) is 4.74. The lowest BCUT2D eigenvalue weighted by Gasteiger charge is -2.24. The largest absolute Gasteiger partial charge is 0.394 e. The number of aromatic nitrogens is 4. The Hall–Kier alpha value is -1.93. The van der Waals surface area contributed by atoms with Crippen molar-refractivity contribution in [2.75, 3.05) is 30.3 Å². The molecule has 2 aromatic heterocycles. The fourth-order valence-electron chi connectivity index (χ4n) is 3.07. The summed E-state index contributed by atoms with van der Waals surface area (Å²) in [5.41, 5.74) is 1.91. The lowest BCUT2D eigenvalue weighted by Crippen LogP contribution is -2.36. The Balaban J connectivity index is 1.97. The fraction of sp³-hybridized carbons (Fsp3) is 0.706. The van der Waals surface area contributed by atoms with E-state index >= 15 is 0 Å². The van der Waals surface area contributed by atoms with Gasteiger partial charge in [0.25, 0.3) is 0 Å². The number of aliphatic hydroxyl groups is 1. The summed E-state index contributed by atoms with van der Waals surface area (Å²) in [4.78, 5) is 9.30. The summed E-state index contributed by atoms with van der Waals surface area (Å²) in [5.74, 6) is 1.57. The van der Waals surface area contributed by atoms with Crippen LogP contribution in [0.4, 0.5) is 11.9 Å². The molecule has 3 heterocycles. The van der Waals surface area contributed by atoms with E-state index in [0.29, 0.717) is 23.9 Å². The molecule has 1 aliphatic rings. The second-order valence-electron chi connectivity index (χ2n) is 6.96. The van der Waals surface area contributed by atoms with Crippen molar-refractivity contribution in [3.8, 4) is 0 Å². The first-order chi connectivity index (χ1) is 12.1. The van der Waals surface area contributed by atoms with Gasteiger partial charge in [0.05, 0.1) is 18.8 Å². The fourth-order valence-corrected chi connectivity index (χ4v) is 3.07. The van der Waals surface area contributed by atoms with Gasteiger partial charge in [-0.2, -0.15) is 19.6 Å². The van der Waals surface area contributed by atoms with Gasteiger partial charge in [-0.05, 0) is 38.3 Å². The molecule has 4 N–H and O–H groups in total. The lowest BCUT2D eigenvalue weighted by atomic mass is 10.1. The number of hydrogen-bond donors (Lipinski definition) is 4. The summed E-state index contributed by atoms with van der Waals surface area (Å²) in [7, 11) is 0. The third kappa shape index (κ3) is 4.01. The number of fused-ring (bicyclic) bond motifs is 1. The van der Waals surface area contributed by atoms with Gasteiger partial charge in [-0.15, -0.1) is 0 Å². The highest BCUT2D eigenvalue weighted by Crippen LogP contribution is 2.23. The summed E-state index contributed by atoms with van der Waals surface area (Å²) in [6.07, 6.45) is 4.79. The first-order valence-electron chi connectivity index (χ1n) is 9.22. The highest BCUT2D eigenvalue weighted by molar-refractivity contribution is 5.56. The van der Waals surface area contributed by atoms with Gasteiger partial charge in [-0.3, -0.25) is 0 Å². The van der Waals surface area contributed by atoms with Crippen LogP contribution in [0.25, 0.3) is 5.65 Å². The number of nitrogens with zero attached hydrogens (tertiary/aromatic N) is 4.